The van der Waals surface area contributed by atoms with E-state index in [1.54, 1.807) is 22.0 Å². The summed E-state index contributed by atoms with van der Waals surface area (Å²) in [4.78, 5) is 46.5. The normalized spacial score (nSPS) is 12.9. The van der Waals surface area contributed by atoms with Crippen LogP contribution in [-0.2, 0) is 28.9 Å². The van der Waals surface area contributed by atoms with Gasteiger partial charge in [-0.2, -0.15) is 0 Å². The Morgan fingerprint density at radius 1 is 1.31 bits per heavy atom. The second-order valence-electron chi connectivity index (χ2n) is 8.15. The molecular formula is C25H23N3O4S4. The molecule has 0 fully saturated rings. The fourth-order valence-corrected chi connectivity index (χ4v) is 8.18. The third-order valence-electron chi connectivity index (χ3n) is 5.90. The summed E-state index contributed by atoms with van der Waals surface area (Å²) < 4.78 is 6.57. The molecule has 11 heteroatoms. The predicted octanol–water partition coefficient (Wildman–Crippen LogP) is 5.83. The molecule has 36 heavy (non-hydrogen) atoms. The number of fused-ring (bicyclic) bond motifs is 3. The minimum Gasteiger partial charge on any atom is -0.465 e. The molecule has 0 saturated heterocycles. The molecule has 1 amide bonds. The summed E-state index contributed by atoms with van der Waals surface area (Å²) in [7, 11) is 1.32. The third-order valence-corrected chi connectivity index (χ3v) is 9.86. The summed E-state index contributed by atoms with van der Waals surface area (Å²) in [6.07, 6.45) is 5.77. The number of amides is 1. The molecule has 0 aliphatic heterocycles. The van der Waals surface area contributed by atoms with E-state index in [2.05, 4.69) is 11.9 Å². The number of esters is 1. The van der Waals surface area contributed by atoms with E-state index in [0.717, 1.165) is 46.5 Å². The monoisotopic (exact) mass is 557 g/mol. The SMILES string of the molecule is C=CCn1c(SCC(=O)Nc2scc(-c3cccs3)c2C(=O)OC)nc2sc3c(c2c1=O)CCCC3. The first-order valence-electron chi connectivity index (χ1n) is 11.3. The standard InChI is InChI=1S/C25H23N3O4S4/c1-3-10-28-23(30)19-14-7-4-5-8-17(14)36-22(19)27-25(28)35-13-18(29)26-21-20(24(31)32-2)15(12-34-21)16-9-6-11-33-16/h3,6,9,11-12H,1,4-5,7-8,10,13H2,2H3,(H,26,29). The van der Waals surface area contributed by atoms with E-state index in [4.69, 9.17) is 9.72 Å². The Labute approximate surface area is 223 Å². The van der Waals surface area contributed by atoms with Gasteiger partial charge in [0.05, 0.1) is 18.2 Å². The third kappa shape index (κ3) is 4.68. The lowest BCUT2D eigenvalue weighted by atomic mass is 9.97. The van der Waals surface area contributed by atoms with Crippen molar-refractivity contribution in [1.29, 1.82) is 0 Å². The van der Waals surface area contributed by atoms with Gasteiger partial charge in [0.25, 0.3) is 5.56 Å². The number of rotatable bonds is 8. The lowest BCUT2D eigenvalue weighted by Gasteiger charge is -2.12. The van der Waals surface area contributed by atoms with E-state index in [-0.39, 0.29) is 17.2 Å². The van der Waals surface area contributed by atoms with Gasteiger partial charge in [0, 0.05) is 27.2 Å². The lowest BCUT2D eigenvalue weighted by molar-refractivity contribution is -0.113. The molecule has 0 saturated carbocycles. The van der Waals surface area contributed by atoms with Crippen molar-refractivity contribution >= 4 is 72.9 Å². The minimum atomic E-state index is -0.504. The summed E-state index contributed by atoms with van der Waals surface area (Å²) in [5, 5.41) is 8.27. The Morgan fingerprint density at radius 2 is 2.14 bits per heavy atom. The Balaban J connectivity index is 1.40. The Morgan fingerprint density at radius 3 is 2.89 bits per heavy atom. The number of carbonyl (C=O) groups is 2. The van der Waals surface area contributed by atoms with E-state index in [1.807, 2.05) is 22.9 Å². The van der Waals surface area contributed by atoms with Crippen molar-refractivity contribution in [2.75, 3.05) is 18.2 Å². The first kappa shape index (κ1) is 24.9. The molecule has 1 N–H and O–H groups in total. The number of aromatic nitrogens is 2. The second-order valence-corrected chi connectivity index (χ2v) is 12.0. The number of nitrogens with zero attached hydrogens (tertiary/aromatic N) is 2. The van der Waals surface area contributed by atoms with Crippen molar-refractivity contribution in [3.63, 3.8) is 0 Å². The molecule has 5 rings (SSSR count). The number of aryl methyl sites for hydroxylation is 2. The highest BCUT2D eigenvalue weighted by Crippen LogP contribution is 2.38. The molecule has 4 aromatic heterocycles. The molecule has 0 spiro atoms. The van der Waals surface area contributed by atoms with Crippen molar-refractivity contribution in [3.05, 3.63) is 61.9 Å². The molecule has 0 aromatic carbocycles. The number of methoxy groups -OCH3 is 1. The van der Waals surface area contributed by atoms with E-state index < -0.39 is 5.97 Å². The van der Waals surface area contributed by atoms with Gasteiger partial charge >= 0.3 is 5.97 Å². The van der Waals surface area contributed by atoms with Crippen molar-refractivity contribution < 1.29 is 14.3 Å². The fraction of sp³-hybridized carbons (Fsp3) is 0.280. The minimum absolute atomic E-state index is 0.0347. The molecule has 0 unspecified atom stereocenters. The summed E-state index contributed by atoms with van der Waals surface area (Å²) in [5.41, 5.74) is 2.14. The maximum absolute atomic E-state index is 13.4. The molecule has 7 nitrogen and oxygen atoms in total. The van der Waals surface area contributed by atoms with Gasteiger partial charge in [-0.1, -0.05) is 23.9 Å². The second kappa shape index (κ2) is 10.7. The van der Waals surface area contributed by atoms with Crippen molar-refractivity contribution in [1.82, 2.24) is 9.55 Å². The average molecular weight is 558 g/mol. The highest BCUT2D eigenvalue weighted by atomic mass is 32.2. The number of ether oxygens (including phenoxy) is 1. The van der Waals surface area contributed by atoms with Crippen LogP contribution >= 0.6 is 45.8 Å². The van der Waals surface area contributed by atoms with Crippen LogP contribution in [0.2, 0.25) is 0 Å². The van der Waals surface area contributed by atoms with Crippen molar-refractivity contribution in [3.8, 4) is 10.4 Å². The van der Waals surface area contributed by atoms with Crippen LogP contribution in [0.1, 0.15) is 33.6 Å². The zero-order chi connectivity index (χ0) is 25.2. The Bertz CT molecular complexity index is 1510. The van der Waals surface area contributed by atoms with Gasteiger partial charge in [-0.3, -0.25) is 14.2 Å². The first-order chi connectivity index (χ1) is 17.5. The van der Waals surface area contributed by atoms with Crippen molar-refractivity contribution in [2.45, 2.75) is 37.4 Å². The molecule has 186 valence electrons. The Kier molecular flexibility index (Phi) is 7.42. The van der Waals surface area contributed by atoms with E-state index in [0.29, 0.717) is 27.7 Å². The molecule has 1 aliphatic rings. The van der Waals surface area contributed by atoms with Crippen LogP contribution < -0.4 is 10.9 Å². The van der Waals surface area contributed by atoms with E-state index >= 15 is 0 Å². The number of carbonyl (C=O) groups excluding carboxylic acids is 2. The summed E-state index contributed by atoms with van der Waals surface area (Å²) in [5.74, 6) is -0.765. The number of nitrogens with one attached hydrogen (secondary N) is 1. The molecule has 0 atom stereocenters. The van der Waals surface area contributed by atoms with Gasteiger partial charge in [0.1, 0.15) is 15.4 Å². The Hall–Kier alpha value is -2.73. The van der Waals surface area contributed by atoms with Gasteiger partial charge in [-0.15, -0.1) is 40.6 Å². The average Bonchev–Trinajstić information content (AvgIpc) is 3.62. The molecular weight excluding hydrogens is 535 g/mol. The number of thiophene rings is 3. The first-order valence-corrected chi connectivity index (χ1v) is 14.9. The van der Waals surface area contributed by atoms with Crippen LogP contribution in [-0.4, -0.2) is 34.3 Å². The van der Waals surface area contributed by atoms with Crippen LogP contribution in [0.3, 0.4) is 0 Å². The fourth-order valence-electron chi connectivity index (χ4n) is 4.28. The zero-order valence-electron chi connectivity index (χ0n) is 19.5. The number of hydrogen-bond acceptors (Lipinski definition) is 9. The summed E-state index contributed by atoms with van der Waals surface area (Å²) in [6.45, 7) is 4.10. The number of anilines is 1. The number of allylic oxidation sites excluding steroid dienone is 1. The molecule has 4 aromatic rings. The van der Waals surface area contributed by atoms with Gasteiger partial charge in [0.15, 0.2) is 5.16 Å². The quantitative estimate of drug-likeness (QED) is 0.127. The van der Waals surface area contributed by atoms with Crippen LogP contribution in [0, 0.1) is 0 Å². The van der Waals surface area contributed by atoms with E-state index in [1.165, 1.54) is 46.4 Å². The number of hydrogen-bond donors (Lipinski definition) is 1. The summed E-state index contributed by atoms with van der Waals surface area (Å²) >= 11 is 5.58. The number of thioether (sulfide) groups is 1. The van der Waals surface area contributed by atoms with Crippen LogP contribution in [0.4, 0.5) is 5.00 Å². The largest absolute Gasteiger partial charge is 0.465 e. The van der Waals surface area contributed by atoms with Gasteiger partial charge < -0.3 is 10.1 Å². The highest BCUT2D eigenvalue weighted by molar-refractivity contribution is 7.99. The predicted molar refractivity (Wildman–Crippen MR) is 149 cm³/mol. The van der Waals surface area contributed by atoms with Crippen molar-refractivity contribution in [2.24, 2.45) is 0 Å². The lowest BCUT2D eigenvalue weighted by Crippen LogP contribution is -2.24. The molecule has 4 heterocycles. The van der Waals surface area contributed by atoms with Crippen LogP contribution in [0.25, 0.3) is 20.7 Å². The molecule has 0 radical (unpaired) electrons. The molecule has 1 aliphatic carbocycles. The topological polar surface area (TPSA) is 90.3 Å². The maximum Gasteiger partial charge on any atom is 0.341 e. The van der Waals surface area contributed by atoms with Gasteiger partial charge in [-0.25, -0.2) is 9.78 Å². The van der Waals surface area contributed by atoms with Crippen LogP contribution in [0.15, 0.2) is 45.5 Å². The van der Waals surface area contributed by atoms with Gasteiger partial charge in [0.2, 0.25) is 5.91 Å². The van der Waals surface area contributed by atoms with Crippen LogP contribution in [0.5, 0.6) is 0 Å². The zero-order valence-corrected chi connectivity index (χ0v) is 22.8. The van der Waals surface area contributed by atoms with Gasteiger partial charge in [-0.05, 0) is 42.7 Å². The highest BCUT2D eigenvalue weighted by Gasteiger charge is 2.24. The molecule has 0 bridgehead atoms. The smallest absolute Gasteiger partial charge is 0.341 e. The maximum atomic E-state index is 13.4. The summed E-state index contributed by atoms with van der Waals surface area (Å²) in [6, 6.07) is 3.83. The van der Waals surface area contributed by atoms with E-state index in [9.17, 15) is 14.4 Å².